The lowest BCUT2D eigenvalue weighted by Crippen LogP contribution is -2.49. The van der Waals surface area contributed by atoms with E-state index in [0.29, 0.717) is 13.1 Å². The molecule has 0 saturated carbocycles. The van der Waals surface area contributed by atoms with Gasteiger partial charge in [0, 0.05) is 49.0 Å². The molecule has 1 aliphatic heterocycles. The van der Waals surface area contributed by atoms with E-state index < -0.39 is 0 Å². The molecule has 0 bridgehead atoms. The van der Waals surface area contributed by atoms with Crippen molar-refractivity contribution in [3.8, 4) is 0 Å². The summed E-state index contributed by atoms with van der Waals surface area (Å²) in [4.78, 5) is 24.9. The van der Waals surface area contributed by atoms with Crippen molar-refractivity contribution in [3.05, 3.63) is 59.9 Å². The predicted molar refractivity (Wildman–Crippen MR) is 95.4 cm³/mol. The van der Waals surface area contributed by atoms with Crippen molar-refractivity contribution in [1.29, 1.82) is 0 Å². The number of hydrogen-bond acceptors (Lipinski definition) is 3. The normalized spacial score (nSPS) is 15.0. The Morgan fingerprint density at radius 1 is 1.04 bits per heavy atom. The monoisotopic (exact) mass is 320 g/mol. The van der Waals surface area contributed by atoms with Crippen LogP contribution in [0, 0.1) is 6.92 Å². The first kappa shape index (κ1) is 14.8. The molecule has 0 aliphatic carbocycles. The maximum atomic E-state index is 13.0. The molecule has 0 radical (unpaired) electrons. The number of aromatic nitrogens is 2. The van der Waals surface area contributed by atoms with E-state index in [4.69, 9.17) is 0 Å². The van der Waals surface area contributed by atoms with Crippen LogP contribution in [0.25, 0.3) is 10.9 Å². The number of rotatable bonds is 2. The third-order valence-corrected chi connectivity index (χ3v) is 4.65. The van der Waals surface area contributed by atoms with Gasteiger partial charge in [-0.3, -0.25) is 4.79 Å². The van der Waals surface area contributed by atoms with E-state index in [9.17, 15) is 4.79 Å². The van der Waals surface area contributed by atoms with E-state index in [0.717, 1.165) is 41.1 Å². The number of H-pyrrole nitrogens is 1. The summed E-state index contributed by atoms with van der Waals surface area (Å²) in [7, 11) is 0. The van der Waals surface area contributed by atoms with Gasteiger partial charge in [0.15, 0.2) is 0 Å². The van der Waals surface area contributed by atoms with Crippen molar-refractivity contribution in [2.45, 2.75) is 6.92 Å². The fraction of sp³-hybridized carbons (Fsp3) is 0.263. The van der Waals surface area contributed by atoms with Crippen LogP contribution in [0.3, 0.4) is 0 Å². The molecule has 4 rings (SSSR count). The molecule has 1 saturated heterocycles. The molecule has 2 aromatic heterocycles. The molecule has 0 spiro atoms. The van der Waals surface area contributed by atoms with Crippen LogP contribution in [-0.2, 0) is 0 Å². The molecule has 24 heavy (non-hydrogen) atoms. The fourth-order valence-corrected chi connectivity index (χ4v) is 3.39. The Labute approximate surface area is 140 Å². The number of pyridine rings is 1. The molecule has 1 aromatic carbocycles. The lowest BCUT2D eigenvalue weighted by molar-refractivity contribution is 0.0748. The highest BCUT2D eigenvalue weighted by molar-refractivity contribution is 6.08. The first-order chi connectivity index (χ1) is 11.7. The average molecular weight is 320 g/mol. The standard InChI is InChI=1S/C19H20N4O/c1-14-18(15-6-2-3-7-16(15)21-14)19(24)23-12-10-22(11-13-23)17-8-4-5-9-20-17/h2-9,21H,10-13H2,1H3. The summed E-state index contributed by atoms with van der Waals surface area (Å²) >= 11 is 0. The number of nitrogens with zero attached hydrogens (tertiary/aromatic N) is 3. The molecule has 3 heterocycles. The highest BCUT2D eigenvalue weighted by Crippen LogP contribution is 2.24. The largest absolute Gasteiger partial charge is 0.358 e. The number of amides is 1. The molecule has 0 atom stereocenters. The van der Waals surface area contributed by atoms with E-state index in [2.05, 4.69) is 14.9 Å². The van der Waals surface area contributed by atoms with Crippen LogP contribution < -0.4 is 4.90 Å². The Morgan fingerprint density at radius 2 is 1.79 bits per heavy atom. The Balaban J connectivity index is 1.53. The van der Waals surface area contributed by atoms with Gasteiger partial charge >= 0.3 is 0 Å². The minimum Gasteiger partial charge on any atom is -0.358 e. The second-order valence-corrected chi connectivity index (χ2v) is 6.14. The number of aryl methyl sites for hydroxylation is 1. The Bertz CT molecular complexity index is 863. The number of carbonyl (C=O) groups excluding carboxylic acids is 1. The SMILES string of the molecule is Cc1[nH]c2ccccc2c1C(=O)N1CCN(c2ccccn2)CC1. The van der Waals surface area contributed by atoms with Crippen LogP contribution in [0.5, 0.6) is 0 Å². The van der Waals surface area contributed by atoms with E-state index >= 15 is 0 Å². The van der Waals surface area contributed by atoms with Crippen molar-refractivity contribution in [2.75, 3.05) is 31.1 Å². The van der Waals surface area contributed by atoms with Gasteiger partial charge in [-0.25, -0.2) is 4.98 Å². The second-order valence-electron chi connectivity index (χ2n) is 6.14. The van der Waals surface area contributed by atoms with Crippen LogP contribution in [0.15, 0.2) is 48.7 Å². The van der Waals surface area contributed by atoms with Gasteiger partial charge in [-0.1, -0.05) is 24.3 Å². The minimum atomic E-state index is 0.116. The van der Waals surface area contributed by atoms with Gasteiger partial charge in [0.05, 0.1) is 5.56 Å². The highest BCUT2D eigenvalue weighted by Gasteiger charge is 2.25. The Morgan fingerprint density at radius 3 is 2.54 bits per heavy atom. The number of benzene rings is 1. The molecule has 1 fully saturated rings. The van der Waals surface area contributed by atoms with Crippen molar-refractivity contribution >= 4 is 22.6 Å². The summed E-state index contributed by atoms with van der Waals surface area (Å²) in [5.41, 5.74) is 2.76. The van der Waals surface area contributed by atoms with Crippen LogP contribution in [0.1, 0.15) is 16.1 Å². The third kappa shape index (κ3) is 2.52. The van der Waals surface area contributed by atoms with E-state index in [-0.39, 0.29) is 5.91 Å². The van der Waals surface area contributed by atoms with Crippen molar-refractivity contribution in [2.24, 2.45) is 0 Å². The molecule has 1 aliphatic rings. The van der Waals surface area contributed by atoms with Gasteiger partial charge in [-0.15, -0.1) is 0 Å². The van der Waals surface area contributed by atoms with Crippen molar-refractivity contribution in [1.82, 2.24) is 14.9 Å². The fourth-order valence-electron chi connectivity index (χ4n) is 3.39. The number of anilines is 1. The van der Waals surface area contributed by atoms with E-state index in [1.54, 1.807) is 0 Å². The van der Waals surface area contributed by atoms with Gasteiger partial charge in [0.1, 0.15) is 5.82 Å². The van der Waals surface area contributed by atoms with Gasteiger partial charge in [0.25, 0.3) is 5.91 Å². The topological polar surface area (TPSA) is 52.2 Å². The van der Waals surface area contributed by atoms with Crippen LogP contribution in [-0.4, -0.2) is 47.0 Å². The molecule has 1 amide bonds. The smallest absolute Gasteiger partial charge is 0.256 e. The number of para-hydroxylation sites is 1. The Hall–Kier alpha value is -2.82. The molecular formula is C19H20N4O. The molecular weight excluding hydrogens is 300 g/mol. The van der Waals surface area contributed by atoms with Gasteiger partial charge in [0.2, 0.25) is 0 Å². The maximum absolute atomic E-state index is 13.0. The lowest BCUT2D eigenvalue weighted by atomic mass is 10.1. The van der Waals surface area contributed by atoms with E-state index in [1.807, 2.05) is 60.5 Å². The lowest BCUT2D eigenvalue weighted by Gasteiger charge is -2.35. The van der Waals surface area contributed by atoms with Crippen LogP contribution >= 0.6 is 0 Å². The quantitative estimate of drug-likeness (QED) is 0.790. The zero-order valence-corrected chi connectivity index (χ0v) is 13.7. The minimum absolute atomic E-state index is 0.116. The maximum Gasteiger partial charge on any atom is 0.256 e. The molecule has 5 heteroatoms. The number of piperazine rings is 1. The van der Waals surface area contributed by atoms with Crippen LogP contribution in [0.4, 0.5) is 5.82 Å². The zero-order valence-electron chi connectivity index (χ0n) is 13.7. The first-order valence-corrected chi connectivity index (χ1v) is 8.26. The van der Waals surface area contributed by atoms with Gasteiger partial charge < -0.3 is 14.8 Å². The summed E-state index contributed by atoms with van der Waals surface area (Å²) in [5, 5.41) is 1.01. The van der Waals surface area contributed by atoms with Crippen LogP contribution in [0.2, 0.25) is 0 Å². The van der Waals surface area contributed by atoms with E-state index in [1.165, 1.54) is 0 Å². The summed E-state index contributed by atoms with van der Waals surface area (Å²) < 4.78 is 0. The molecule has 0 unspecified atom stereocenters. The number of hydrogen-bond donors (Lipinski definition) is 1. The summed E-state index contributed by atoms with van der Waals surface area (Å²) in [6, 6.07) is 13.9. The van der Waals surface area contributed by atoms with Gasteiger partial charge in [-0.2, -0.15) is 0 Å². The molecule has 1 N–H and O–H groups in total. The first-order valence-electron chi connectivity index (χ1n) is 8.26. The second kappa shape index (κ2) is 6.00. The number of carbonyl (C=O) groups is 1. The summed E-state index contributed by atoms with van der Waals surface area (Å²) in [6.45, 7) is 5.02. The number of aromatic amines is 1. The summed E-state index contributed by atoms with van der Waals surface area (Å²) in [5.74, 6) is 1.10. The average Bonchev–Trinajstić information content (AvgIpc) is 2.98. The zero-order chi connectivity index (χ0) is 16.5. The third-order valence-electron chi connectivity index (χ3n) is 4.65. The van der Waals surface area contributed by atoms with Crippen molar-refractivity contribution in [3.63, 3.8) is 0 Å². The van der Waals surface area contributed by atoms with Gasteiger partial charge in [-0.05, 0) is 25.1 Å². The highest BCUT2D eigenvalue weighted by atomic mass is 16.2. The summed E-state index contributed by atoms with van der Waals surface area (Å²) in [6.07, 6.45) is 1.81. The predicted octanol–water partition coefficient (Wildman–Crippen LogP) is 2.83. The number of fused-ring (bicyclic) bond motifs is 1. The molecule has 122 valence electrons. The molecule has 3 aromatic rings. The Kier molecular flexibility index (Phi) is 3.69. The van der Waals surface area contributed by atoms with Crippen molar-refractivity contribution < 1.29 is 4.79 Å². The number of nitrogens with one attached hydrogen (secondary N) is 1. The molecule has 5 nitrogen and oxygen atoms in total.